The zero-order valence-electron chi connectivity index (χ0n) is 15.6. The van der Waals surface area contributed by atoms with Crippen LogP contribution in [0.25, 0.3) is 0 Å². The zero-order chi connectivity index (χ0) is 20.3. The van der Waals surface area contributed by atoms with E-state index in [1.807, 2.05) is 4.90 Å². The molecule has 0 bridgehead atoms. The fourth-order valence-electron chi connectivity index (χ4n) is 3.76. The van der Waals surface area contributed by atoms with E-state index in [-0.39, 0.29) is 29.2 Å². The van der Waals surface area contributed by atoms with E-state index in [0.717, 1.165) is 25.5 Å². The van der Waals surface area contributed by atoms with Crippen molar-refractivity contribution in [2.24, 2.45) is 0 Å². The molecule has 0 unspecified atom stereocenters. The molecule has 28 heavy (non-hydrogen) atoms. The molecule has 10 nitrogen and oxygen atoms in total. The van der Waals surface area contributed by atoms with Crippen molar-refractivity contribution in [3.63, 3.8) is 0 Å². The summed E-state index contributed by atoms with van der Waals surface area (Å²) < 4.78 is 25.2. The molecular weight excluding hydrogens is 408 g/mol. The molecular formula is C16H25ClN6O4S. The lowest BCUT2D eigenvalue weighted by molar-refractivity contribution is 0.227. The van der Waals surface area contributed by atoms with E-state index in [2.05, 4.69) is 25.6 Å². The van der Waals surface area contributed by atoms with Crippen molar-refractivity contribution in [3.05, 3.63) is 21.6 Å². The maximum absolute atomic E-state index is 12.3. The standard InChI is InChI=1S/C16H25ClN6O4S/c1-28(26,27)22-11-4-2-10(3-5-11)19-16(25)20-12-6-7-23(9-12)13-8-18-21-15(24)14(13)17/h8,10-12,22H,2-7,9H2,1H3,(H,21,24)(H2,19,20,25)/t10?,11?,12-/m1/s1. The lowest BCUT2D eigenvalue weighted by Gasteiger charge is -2.29. The molecule has 0 spiro atoms. The minimum Gasteiger partial charge on any atom is -0.367 e. The number of aromatic nitrogens is 2. The smallest absolute Gasteiger partial charge is 0.315 e. The number of nitrogens with one attached hydrogen (secondary N) is 4. The van der Waals surface area contributed by atoms with E-state index in [1.165, 1.54) is 6.20 Å². The highest BCUT2D eigenvalue weighted by Gasteiger charge is 2.28. The summed E-state index contributed by atoms with van der Waals surface area (Å²) in [5.41, 5.74) is 0.126. The first-order valence-corrected chi connectivity index (χ1v) is 11.5. The summed E-state index contributed by atoms with van der Waals surface area (Å²) in [4.78, 5) is 25.8. The SMILES string of the molecule is CS(=O)(=O)NC1CCC(NC(=O)N[C@@H]2CCN(c3cn[nH]c(=O)c3Cl)C2)CC1. The third-order valence-electron chi connectivity index (χ3n) is 5.08. The zero-order valence-corrected chi connectivity index (χ0v) is 17.1. The Morgan fingerprint density at radius 2 is 1.82 bits per heavy atom. The van der Waals surface area contributed by atoms with E-state index >= 15 is 0 Å². The molecule has 12 heteroatoms. The summed E-state index contributed by atoms with van der Waals surface area (Å²) in [6.07, 6.45) is 6.25. The molecule has 1 atom stereocenters. The molecule has 0 aromatic carbocycles. The van der Waals surface area contributed by atoms with Crippen LogP contribution < -0.4 is 25.8 Å². The number of H-pyrrole nitrogens is 1. The molecule has 1 saturated carbocycles. The van der Waals surface area contributed by atoms with Gasteiger partial charge in [-0.05, 0) is 32.1 Å². The Morgan fingerprint density at radius 3 is 2.50 bits per heavy atom. The van der Waals surface area contributed by atoms with Crippen molar-refractivity contribution in [2.45, 2.75) is 50.2 Å². The maximum Gasteiger partial charge on any atom is 0.315 e. The summed E-state index contributed by atoms with van der Waals surface area (Å²) in [6, 6.07) is -0.326. The van der Waals surface area contributed by atoms with Gasteiger partial charge >= 0.3 is 6.03 Å². The highest BCUT2D eigenvalue weighted by molar-refractivity contribution is 7.88. The number of sulfonamides is 1. The number of rotatable bonds is 5. The minimum absolute atomic E-state index is 0.0291. The molecule has 1 aliphatic carbocycles. The Hall–Kier alpha value is -1.85. The molecule has 2 heterocycles. The number of anilines is 1. The Bertz CT molecular complexity index is 868. The van der Waals surface area contributed by atoms with Crippen LogP contribution >= 0.6 is 11.6 Å². The van der Waals surface area contributed by atoms with E-state index < -0.39 is 15.6 Å². The maximum atomic E-state index is 12.3. The van der Waals surface area contributed by atoms with Crippen LogP contribution in [-0.4, -0.2) is 62.1 Å². The monoisotopic (exact) mass is 432 g/mol. The number of amides is 2. The molecule has 156 valence electrons. The number of aromatic amines is 1. The molecule has 2 fully saturated rings. The third kappa shape index (κ3) is 5.58. The van der Waals surface area contributed by atoms with Crippen LogP contribution in [0.1, 0.15) is 32.1 Å². The number of halogens is 1. The van der Waals surface area contributed by atoms with Crippen molar-refractivity contribution < 1.29 is 13.2 Å². The number of carbonyl (C=O) groups is 1. The fraction of sp³-hybridized carbons (Fsp3) is 0.688. The van der Waals surface area contributed by atoms with Crippen molar-refractivity contribution in [1.29, 1.82) is 0 Å². The Morgan fingerprint density at radius 1 is 1.18 bits per heavy atom. The molecule has 2 amide bonds. The fourth-order valence-corrected chi connectivity index (χ4v) is 4.81. The Labute approximate surface area is 168 Å². The van der Waals surface area contributed by atoms with Gasteiger partial charge in [-0.25, -0.2) is 23.0 Å². The molecule has 3 rings (SSSR count). The second-order valence-corrected chi connectivity index (χ2v) is 9.54. The normalized spacial score (nSPS) is 25.5. The second kappa shape index (κ2) is 8.66. The van der Waals surface area contributed by atoms with Gasteiger partial charge in [0.2, 0.25) is 10.0 Å². The van der Waals surface area contributed by atoms with Gasteiger partial charge < -0.3 is 15.5 Å². The number of hydrogen-bond acceptors (Lipinski definition) is 6. The number of carbonyl (C=O) groups excluding carboxylic acids is 1. The first-order chi connectivity index (χ1) is 13.2. The van der Waals surface area contributed by atoms with Crippen LogP contribution in [0, 0.1) is 0 Å². The van der Waals surface area contributed by atoms with Gasteiger partial charge in [0.25, 0.3) is 5.56 Å². The lowest BCUT2D eigenvalue weighted by Crippen LogP contribution is -2.49. The largest absolute Gasteiger partial charge is 0.367 e. The quantitative estimate of drug-likeness (QED) is 0.523. The molecule has 1 saturated heterocycles. The third-order valence-corrected chi connectivity index (χ3v) is 6.21. The summed E-state index contributed by atoms with van der Waals surface area (Å²) >= 11 is 6.04. The van der Waals surface area contributed by atoms with Gasteiger partial charge in [0.15, 0.2) is 0 Å². The van der Waals surface area contributed by atoms with Gasteiger partial charge in [-0.15, -0.1) is 0 Å². The molecule has 1 aromatic heterocycles. The van der Waals surface area contributed by atoms with Crippen LogP contribution in [0.15, 0.2) is 11.0 Å². The Kier molecular flexibility index (Phi) is 6.46. The highest BCUT2D eigenvalue weighted by Crippen LogP contribution is 2.24. The van der Waals surface area contributed by atoms with Gasteiger partial charge in [-0.1, -0.05) is 11.6 Å². The second-order valence-electron chi connectivity index (χ2n) is 7.39. The first-order valence-electron chi connectivity index (χ1n) is 9.23. The summed E-state index contributed by atoms with van der Waals surface area (Å²) in [6.45, 7) is 1.21. The van der Waals surface area contributed by atoms with Crippen LogP contribution in [0.4, 0.5) is 10.5 Å². The van der Waals surface area contributed by atoms with Gasteiger partial charge in [0.1, 0.15) is 5.02 Å². The van der Waals surface area contributed by atoms with Crippen LogP contribution in [0.2, 0.25) is 5.02 Å². The van der Waals surface area contributed by atoms with Crippen LogP contribution in [0.5, 0.6) is 0 Å². The van der Waals surface area contributed by atoms with Crippen molar-refractivity contribution in [1.82, 2.24) is 25.6 Å². The van der Waals surface area contributed by atoms with E-state index in [4.69, 9.17) is 11.6 Å². The van der Waals surface area contributed by atoms with E-state index in [0.29, 0.717) is 31.6 Å². The van der Waals surface area contributed by atoms with Gasteiger partial charge in [0, 0.05) is 31.2 Å². The number of nitrogens with zero attached hydrogens (tertiary/aromatic N) is 2. The molecule has 2 aliphatic rings. The number of hydrogen-bond donors (Lipinski definition) is 4. The summed E-state index contributed by atoms with van der Waals surface area (Å²) in [5, 5.41) is 12.1. The molecule has 1 aromatic rings. The Balaban J connectivity index is 1.44. The average Bonchev–Trinajstić information content (AvgIpc) is 3.06. The van der Waals surface area contributed by atoms with E-state index in [1.54, 1.807) is 0 Å². The molecule has 4 N–H and O–H groups in total. The van der Waals surface area contributed by atoms with Crippen LogP contribution in [-0.2, 0) is 10.0 Å². The molecule has 0 radical (unpaired) electrons. The van der Waals surface area contributed by atoms with Crippen LogP contribution in [0.3, 0.4) is 0 Å². The van der Waals surface area contributed by atoms with Crippen molar-refractivity contribution in [2.75, 3.05) is 24.2 Å². The number of urea groups is 1. The summed E-state index contributed by atoms with van der Waals surface area (Å²) in [5.74, 6) is 0. The lowest BCUT2D eigenvalue weighted by atomic mass is 9.92. The van der Waals surface area contributed by atoms with Gasteiger partial charge in [-0.2, -0.15) is 5.10 Å². The highest BCUT2D eigenvalue weighted by atomic mass is 35.5. The molecule has 1 aliphatic heterocycles. The van der Waals surface area contributed by atoms with Gasteiger partial charge in [0.05, 0.1) is 18.1 Å². The topological polar surface area (TPSA) is 136 Å². The van der Waals surface area contributed by atoms with Crippen molar-refractivity contribution >= 4 is 33.3 Å². The van der Waals surface area contributed by atoms with E-state index in [9.17, 15) is 18.0 Å². The van der Waals surface area contributed by atoms with Gasteiger partial charge in [-0.3, -0.25) is 4.79 Å². The average molecular weight is 433 g/mol. The minimum atomic E-state index is -3.20. The summed E-state index contributed by atoms with van der Waals surface area (Å²) in [7, 11) is -3.20. The first kappa shape index (κ1) is 20.9. The van der Waals surface area contributed by atoms with Crippen molar-refractivity contribution in [3.8, 4) is 0 Å². The predicted octanol–water partition coefficient (Wildman–Crippen LogP) is 0.162. The predicted molar refractivity (Wildman–Crippen MR) is 106 cm³/mol.